The number of ether oxygens (including phenoxy) is 2. The van der Waals surface area contributed by atoms with Crippen LogP contribution in [0.5, 0.6) is 0 Å². The van der Waals surface area contributed by atoms with Crippen molar-refractivity contribution in [1.82, 2.24) is 0 Å². The standard InChI is InChI=1S/C18H17ClO3/c19-12-6-7-13-21-18(14-8-2-1-3-9-14)16-11-5-4-10-15(16)17(20)22-18/h1-5,8-11H,6-7,12-13H2/t18-/m1/s1. The van der Waals surface area contributed by atoms with E-state index in [4.69, 9.17) is 21.1 Å². The number of alkyl halides is 1. The van der Waals surface area contributed by atoms with Gasteiger partial charge in [-0.2, -0.15) is 0 Å². The van der Waals surface area contributed by atoms with Gasteiger partial charge in [-0.1, -0.05) is 48.5 Å². The van der Waals surface area contributed by atoms with E-state index in [2.05, 4.69) is 0 Å². The van der Waals surface area contributed by atoms with E-state index in [-0.39, 0.29) is 5.97 Å². The van der Waals surface area contributed by atoms with Gasteiger partial charge in [0.05, 0.1) is 12.2 Å². The molecule has 2 aromatic rings. The van der Waals surface area contributed by atoms with Crippen molar-refractivity contribution in [2.75, 3.05) is 12.5 Å². The fourth-order valence-corrected chi connectivity index (χ4v) is 2.85. The van der Waals surface area contributed by atoms with Crippen LogP contribution < -0.4 is 0 Å². The first kappa shape index (κ1) is 15.1. The number of hydrogen-bond acceptors (Lipinski definition) is 3. The minimum absolute atomic E-state index is 0.350. The molecule has 1 aliphatic heterocycles. The molecular formula is C18H17ClO3. The molecule has 1 heterocycles. The number of esters is 1. The molecule has 114 valence electrons. The molecule has 3 nitrogen and oxygen atoms in total. The van der Waals surface area contributed by atoms with Crippen LogP contribution in [0.3, 0.4) is 0 Å². The number of benzene rings is 2. The molecule has 0 radical (unpaired) electrons. The summed E-state index contributed by atoms with van der Waals surface area (Å²) in [7, 11) is 0. The molecule has 3 rings (SSSR count). The van der Waals surface area contributed by atoms with Crippen molar-refractivity contribution in [2.24, 2.45) is 0 Å². The van der Waals surface area contributed by atoms with Crippen LogP contribution in [0.1, 0.15) is 34.3 Å². The lowest BCUT2D eigenvalue weighted by atomic mass is 9.95. The Balaban J connectivity index is 2.00. The van der Waals surface area contributed by atoms with E-state index in [0.717, 1.165) is 24.0 Å². The van der Waals surface area contributed by atoms with Crippen molar-refractivity contribution in [3.63, 3.8) is 0 Å². The maximum absolute atomic E-state index is 12.2. The van der Waals surface area contributed by atoms with Gasteiger partial charge < -0.3 is 9.47 Å². The predicted molar refractivity (Wildman–Crippen MR) is 85.0 cm³/mol. The molecule has 0 aliphatic carbocycles. The molecule has 0 bridgehead atoms. The van der Waals surface area contributed by atoms with Gasteiger partial charge >= 0.3 is 5.97 Å². The smallest absolute Gasteiger partial charge is 0.341 e. The Morgan fingerprint density at radius 3 is 2.50 bits per heavy atom. The highest BCUT2D eigenvalue weighted by Crippen LogP contribution is 2.42. The molecule has 0 aromatic heterocycles. The van der Waals surface area contributed by atoms with Gasteiger partial charge in [0.1, 0.15) is 0 Å². The van der Waals surface area contributed by atoms with Crippen LogP contribution in [0.2, 0.25) is 0 Å². The second-order valence-corrected chi connectivity index (χ2v) is 5.54. The van der Waals surface area contributed by atoms with Gasteiger partial charge in [0.2, 0.25) is 0 Å². The highest BCUT2D eigenvalue weighted by molar-refractivity contribution is 6.17. The molecule has 0 amide bonds. The molecular weight excluding hydrogens is 300 g/mol. The average molecular weight is 317 g/mol. The van der Waals surface area contributed by atoms with Crippen molar-refractivity contribution >= 4 is 17.6 Å². The number of hydrogen-bond donors (Lipinski definition) is 0. The highest BCUT2D eigenvalue weighted by Gasteiger charge is 2.48. The van der Waals surface area contributed by atoms with Gasteiger partial charge in [-0.25, -0.2) is 4.79 Å². The van der Waals surface area contributed by atoms with E-state index in [9.17, 15) is 4.79 Å². The van der Waals surface area contributed by atoms with Crippen LogP contribution in [-0.4, -0.2) is 18.5 Å². The quantitative estimate of drug-likeness (QED) is 0.457. The Morgan fingerprint density at radius 1 is 1.00 bits per heavy atom. The van der Waals surface area contributed by atoms with Crippen molar-refractivity contribution in [3.05, 3.63) is 71.3 Å². The number of carbonyl (C=O) groups excluding carboxylic acids is 1. The molecule has 1 aliphatic rings. The molecule has 2 aromatic carbocycles. The van der Waals surface area contributed by atoms with Crippen LogP contribution in [0, 0.1) is 0 Å². The maximum atomic E-state index is 12.2. The van der Waals surface area contributed by atoms with Crippen LogP contribution in [0.15, 0.2) is 54.6 Å². The van der Waals surface area contributed by atoms with Crippen LogP contribution in [0.4, 0.5) is 0 Å². The van der Waals surface area contributed by atoms with Gasteiger partial charge in [-0.3, -0.25) is 0 Å². The van der Waals surface area contributed by atoms with Gasteiger partial charge in [0, 0.05) is 17.0 Å². The summed E-state index contributed by atoms with van der Waals surface area (Å²) in [5, 5.41) is 0. The maximum Gasteiger partial charge on any atom is 0.341 e. The summed E-state index contributed by atoms with van der Waals surface area (Å²) in [4.78, 5) is 12.2. The average Bonchev–Trinajstić information content (AvgIpc) is 2.87. The van der Waals surface area contributed by atoms with E-state index < -0.39 is 5.79 Å². The Bertz CT molecular complexity index is 656. The van der Waals surface area contributed by atoms with Crippen molar-refractivity contribution in [1.29, 1.82) is 0 Å². The zero-order valence-electron chi connectivity index (χ0n) is 12.1. The Kier molecular flexibility index (Phi) is 4.46. The molecule has 22 heavy (non-hydrogen) atoms. The van der Waals surface area contributed by atoms with Crippen LogP contribution in [-0.2, 0) is 15.3 Å². The van der Waals surface area contributed by atoms with Gasteiger partial charge in [0.25, 0.3) is 5.79 Å². The van der Waals surface area contributed by atoms with E-state index in [1.807, 2.05) is 48.5 Å². The van der Waals surface area contributed by atoms with E-state index in [0.29, 0.717) is 18.1 Å². The fraction of sp³-hybridized carbons (Fsp3) is 0.278. The number of carbonyl (C=O) groups is 1. The lowest BCUT2D eigenvalue weighted by molar-refractivity contribution is -0.174. The van der Waals surface area contributed by atoms with Crippen molar-refractivity contribution < 1.29 is 14.3 Å². The van der Waals surface area contributed by atoms with Crippen LogP contribution >= 0.6 is 11.6 Å². The summed E-state index contributed by atoms with van der Waals surface area (Å²) in [5.41, 5.74) is 2.14. The zero-order chi connectivity index (χ0) is 15.4. The summed E-state index contributed by atoms with van der Waals surface area (Å²) in [6.45, 7) is 0.475. The molecule has 0 unspecified atom stereocenters. The number of cyclic esters (lactones) is 1. The molecule has 0 saturated carbocycles. The van der Waals surface area contributed by atoms with Crippen molar-refractivity contribution in [3.8, 4) is 0 Å². The first-order valence-corrected chi connectivity index (χ1v) is 7.89. The number of unbranched alkanes of at least 4 members (excludes halogenated alkanes) is 1. The van der Waals surface area contributed by atoms with Crippen molar-refractivity contribution in [2.45, 2.75) is 18.6 Å². The zero-order valence-corrected chi connectivity index (χ0v) is 12.9. The van der Waals surface area contributed by atoms with E-state index in [1.54, 1.807) is 6.07 Å². The van der Waals surface area contributed by atoms with Gasteiger partial charge in [0.15, 0.2) is 0 Å². The Morgan fingerprint density at radius 2 is 1.73 bits per heavy atom. The Hall–Kier alpha value is -1.84. The van der Waals surface area contributed by atoms with Gasteiger partial charge in [-0.15, -0.1) is 11.6 Å². The fourth-order valence-electron chi connectivity index (χ4n) is 2.66. The molecule has 0 spiro atoms. The molecule has 0 saturated heterocycles. The molecule has 4 heteroatoms. The third kappa shape index (κ3) is 2.62. The third-order valence-electron chi connectivity index (χ3n) is 3.73. The summed E-state index contributed by atoms with van der Waals surface area (Å²) in [6, 6.07) is 16.9. The summed E-state index contributed by atoms with van der Waals surface area (Å²) in [5.74, 6) is -0.906. The number of halogens is 1. The largest absolute Gasteiger partial charge is 0.420 e. The second kappa shape index (κ2) is 6.51. The summed E-state index contributed by atoms with van der Waals surface area (Å²) >= 11 is 5.71. The minimum atomic E-state index is -1.15. The highest BCUT2D eigenvalue weighted by atomic mass is 35.5. The SMILES string of the molecule is O=C1O[C@](OCCCCCl)(c2ccccc2)c2ccccc21. The lowest BCUT2D eigenvalue weighted by Crippen LogP contribution is -2.32. The molecule has 1 atom stereocenters. The van der Waals surface area contributed by atoms with Crippen LogP contribution in [0.25, 0.3) is 0 Å². The van der Waals surface area contributed by atoms with E-state index in [1.165, 1.54) is 0 Å². The second-order valence-electron chi connectivity index (χ2n) is 5.16. The first-order valence-electron chi connectivity index (χ1n) is 7.36. The minimum Gasteiger partial charge on any atom is -0.420 e. The van der Waals surface area contributed by atoms with Gasteiger partial charge in [-0.05, 0) is 18.9 Å². The molecule has 0 N–H and O–H groups in total. The van der Waals surface area contributed by atoms with E-state index >= 15 is 0 Å². The first-order chi connectivity index (χ1) is 10.8. The number of fused-ring (bicyclic) bond motifs is 1. The lowest BCUT2D eigenvalue weighted by Gasteiger charge is -2.29. The normalized spacial score (nSPS) is 19.8. The topological polar surface area (TPSA) is 35.5 Å². The third-order valence-corrected chi connectivity index (χ3v) is 3.99. The number of rotatable bonds is 6. The monoisotopic (exact) mass is 316 g/mol. The molecule has 0 fully saturated rings. The summed E-state index contributed by atoms with van der Waals surface area (Å²) in [6.07, 6.45) is 1.68. The summed E-state index contributed by atoms with van der Waals surface area (Å²) < 4.78 is 11.8. The Labute approximate surface area is 134 Å². The predicted octanol–water partition coefficient (Wildman–Crippen LogP) is 4.09.